The van der Waals surface area contributed by atoms with Crippen molar-refractivity contribution < 1.29 is 28.3 Å². The third kappa shape index (κ3) is 5.30. The van der Waals surface area contributed by atoms with Crippen LogP contribution in [0.5, 0.6) is 0 Å². The maximum atomic E-state index is 16.1. The molecular weight excluding hydrogens is 637 g/mol. The molecule has 3 aliphatic rings. The number of ether oxygens (including phenoxy) is 2. The normalized spacial score (nSPS) is 25.2. The lowest BCUT2D eigenvalue weighted by Gasteiger charge is -2.31. The molecular formula is C30H35BrFN5O5Si. The zero-order chi connectivity index (χ0) is 30.5. The lowest BCUT2D eigenvalue weighted by molar-refractivity contribution is -0.146. The first-order valence-electron chi connectivity index (χ1n) is 14.5. The van der Waals surface area contributed by atoms with Crippen LogP contribution < -0.4 is 9.80 Å². The number of rotatable bonds is 9. The van der Waals surface area contributed by atoms with E-state index >= 15 is 4.11 Å². The van der Waals surface area contributed by atoms with Gasteiger partial charge in [0, 0.05) is 53.0 Å². The molecule has 4 atom stereocenters. The molecule has 0 aliphatic carbocycles. The molecule has 0 unspecified atom stereocenters. The van der Waals surface area contributed by atoms with Crippen LogP contribution in [0, 0.1) is 5.92 Å². The zero-order valence-electron chi connectivity index (χ0n) is 24.4. The van der Waals surface area contributed by atoms with Gasteiger partial charge in [0.15, 0.2) is 5.60 Å². The topological polar surface area (TPSA) is 110 Å². The Morgan fingerprint density at radius 1 is 1.19 bits per heavy atom. The number of carbonyl (C=O) groups excluding carboxylic acids is 2. The summed E-state index contributed by atoms with van der Waals surface area (Å²) in [4.78, 5) is 29.9. The highest BCUT2D eigenvalue weighted by atomic mass is 79.9. The summed E-state index contributed by atoms with van der Waals surface area (Å²) < 4.78 is 30.5. The molecule has 1 N–H and O–H groups in total. The SMILES string of the molecule is C[C@H]1[C@H]([Si](C)(C)F)[C@@H](CCn2cc(CCO)nn2)O[C@]12C(=O)N(Cc1ccc(N3CCOC3=O)cc1)c1ccc(Br)cc12. The number of carbonyl (C=O) groups is 2. The average molecular weight is 673 g/mol. The van der Waals surface area contributed by atoms with Crippen LogP contribution in [-0.2, 0) is 39.4 Å². The highest BCUT2D eigenvalue weighted by Gasteiger charge is 2.66. The summed E-state index contributed by atoms with van der Waals surface area (Å²) in [5, 5.41) is 17.5. The van der Waals surface area contributed by atoms with Crippen molar-refractivity contribution in [3.63, 3.8) is 0 Å². The predicted molar refractivity (Wildman–Crippen MR) is 164 cm³/mol. The summed E-state index contributed by atoms with van der Waals surface area (Å²) in [6.45, 7) is 6.92. The second-order valence-corrected chi connectivity index (χ2v) is 16.7. The number of aromatic nitrogens is 3. The molecule has 1 aromatic heterocycles. The molecule has 6 rings (SSSR count). The number of amides is 2. The standard InChI is InChI=1S/C30H35BrFN5O5Si/c1-19-27(43(2,3)32)26(10-12-35-18-22(11-14-38)33-34-35)42-30(19)24-16-21(31)6-9-25(24)37(28(30)39)17-20-4-7-23(8-5-20)36-13-15-41-29(36)40/h4-9,16,18-19,26-27,38H,10-15,17H2,1-3H3/t19-,26+,27-,30+/m0/s1. The fourth-order valence-corrected chi connectivity index (χ4v) is 9.88. The summed E-state index contributed by atoms with van der Waals surface area (Å²) in [6, 6.07) is 13.3. The molecule has 2 saturated heterocycles. The first-order chi connectivity index (χ1) is 20.5. The van der Waals surface area contributed by atoms with Gasteiger partial charge >= 0.3 is 6.09 Å². The van der Waals surface area contributed by atoms with Crippen LogP contribution in [0.15, 0.2) is 53.1 Å². The van der Waals surface area contributed by atoms with Crippen molar-refractivity contribution in [3.05, 3.63) is 70.0 Å². The number of halogens is 2. The van der Waals surface area contributed by atoms with E-state index < -0.39 is 31.6 Å². The van der Waals surface area contributed by atoms with E-state index in [1.54, 1.807) is 33.8 Å². The average Bonchev–Trinajstić information content (AvgIpc) is 3.71. The Balaban J connectivity index is 1.30. The molecule has 4 heterocycles. The van der Waals surface area contributed by atoms with Gasteiger partial charge in [0.25, 0.3) is 5.91 Å². The van der Waals surface area contributed by atoms with E-state index in [2.05, 4.69) is 26.2 Å². The second-order valence-electron chi connectivity index (χ2n) is 12.0. The molecule has 0 radical (unpaired) electrons. The molecule has 2 aromatic carbocycles. The van der Waals surface area contributed by atoms with Gasteiger partial charge in [-0.25, -0.2) is 4.79 Å². The van der Waals surface area contributed by atoms with Crippen LogP contribution in [-0.4, -0.2) is 66.4 Å². The fourth-order valence-electron chi connectivity index (χ4n) is 6.97. The predicted octanol–water partition coefficient (Wildman–Crippen LogP) is 4.94. The quantitative estimate of drug-likeness (QED) is 0.253. The Kier molecular flexibility index (Phi) is 7.94. The Hall–Kier alpha value is -3.13. The van der Waals surface area contributed by atoms with Crippen LogP contribution in [0.3, 0.4) is 0 Å². The van der Waals surface area contributed by atoms with E-state index in [0.29, 0.717) is 44.8 Å². The number of aryl methyl sites for hydroxylation is 1. The monoisotopic (exact) mass is 671 g/mol. The van der Waals surface area contributed by atoms with E-state index in [1.165, 1.54) is 0 Å². The van der Waals surface area contributed by atoms with E-state index in [0.717, 1.165) is 27.0 Å². The Labute approximate surface area is 259 Å². The lowest BCUT2D eigenvalue weighted by Crippen LogP contribution is -2.45. The number of hydrogen-bond donors (Lipinski definition) is 1. The largest absolute Gasteiger partial charge is 0.447 e. The number of aliphatic hydroxyl groups excluding tert-OH is 1. The Morgan fingerprint density at radius 2 is 1.95 bits per heavy atom. The van der Waals surface area contributed by atoms with Crippen LogP contribution >= 0.6 is 15.9 Å². The number of aliphatic hydroxyl groups is 1. The molecule has 10 nitrogen and oxygen atoms in total. The molecule has 2 amide bonds. The molecule has 3 aromatic rings. The second kappa shape index (κ2) is 11.4. The number of nitrogens with zero attached hydrogens (tertiary/aromatic N) is 5. The van der Waals surface area contributed by atoms with Crippen molar-refractivity contribution in [3.8, 4) is 0 Å². The minimum Gasteiger partial charge on any atom is -0.447 e. The van der Waals surface area contributed by atoms with Crippen LogP contribution in [0.2, 0.25) is 18.6 Å². The maximum Gasteiger partial charge on any atom is 0.414 e. The van der Waals surface area contributed by atoms with Gasteiger partial charge in [0.2, 0.25) is 8.41 Å². The van der Waals surface area contributed by atoms with Gasteiger partial charge in [-0.1, -0.05) is 40.2 Å². The van der Waals surface area contributed by atoms with Crippen molar-refractivity contribution in [1.29, 1.82) is 0 Å². The maximum absolute atomic E-state index is 16.1. The highest BCUT2D eigenvalue weighted by Crippen LogP contribution is 2.60. The summed E-state index contributed by atoms with van der Waals surface area (Å²) >= 11 is 3.58. The van der Waals surface area contributed by atoms with Crippen molar-refractivity contribution in [2.24, 2.45) is 5.92 Å². The minimum absolute atomic E-state index is 0.0149. The first kappa shape index (κ1) is 29.9. The molecule has 1 spiro atoms. The van der Waals surface area contributed by atoms with Crippen molar-refractivity contribution in [2.75, 3.05) is 29.6 Å². The number of benzene rings is 2. The summed E-state index contributed by atoms with van der Waals surface area (Å²) in [5.41, 5.74) is 2.05. The third-order valence-electron chi connectivity index (χ3n) is 8.87. The molecule has 13 heteroatoms. The summed E-state index contributed by atoms with van der Waals surface area (Å²) in [7, 11) is -3.30. The van der Waals surface area contributed by atoms with Gasteiger partial charge in [0.1, 0.15) is 6.61 Å². The van der Waals surface area contributed by atoms with Gasteiger partial charge in [-0.15, -0.1) is 5.10 Å². The van der Waals surface area contributed by atoms with Gasteiger partial charge < -0.3 is 23.6 Å². The van der Waals surface area contributed by atoms with Crippen molar-refractivity contribution in [2.45, 2.75) is 63.2 Å². The van der Waals surface area contributed by atoms with Crippen molar-refractivity contribution >= 4 is 47.7 Å². The smallest absolute Gasteiger partial charge is 0.414 e. The van der Waals surface area contributed by atoms with E-state index in [-0.39, 0.29) is 18.6 Å². The molecule has 0 bridgehead atoms. The molecule has 0 saturated carbocycles. The summed E-state index contributed by atoms with van der Waals surface area (Å²) in [5.74, 6) is -0.601. The molecule has 3 aliphatic heterocycles. The number of fused-ring (bicyclic) bond motifs is 2. The molecule has 43 heavy (non-hydrogen) atoms. The molecule has 2 fully saturated rings. The lowest BCUT2D eigenvalue weighted by atomic mass is 9.82. The van der Waals surface area contributed by atoms with Gasteiger partial charge in [-0.2, -0.15) is 0 Å². The van der Waals surface area contributed by atoms with Gasteiger partial charge in [-0.3, -0.25) is 14.4 Å². The number of anilines is 2. The number of cyclic esters (lactones) is 1. The van der Waals surface area contributed by atoms with Crippen LogP contribution in [0.25, 0.3) is 0 Å². The first-order valence-corrected chi connectivity index (χ1v) is 18.3. The zero-order valence-corrected chi connectivity index (χ0v) is 27.0. The highest BCUT2D eigenvalue weighted by molar-refractivity contribution is 9.10. The molecule has 228 valence electrons. The van der Waals surface area contributed by atoms with Gasteiger partial charge in [0.05, 0.1) is 30.6 Å². The van der Waals surface area contributed by atoms with Gasteiger partial charge in [-0.05, 0) is 55.4 Å². The van der Waals surface area contributed by atoms with Crippen LogP contribution in [0.4, 0.5) is 20.3 Å². The Bertz CT molecular complexity index is 1530. The fraction of sp³-hybridized carbons (Fsp3) is 0.467. The van der Waals surface area contributed by atoms with E-state index in [4.69, 9.17) is 9.47 Å². The van der Waals surface area contributed by atoms with Crippen molar-refractivity contribution in [1.82, 2.24) is 15.0 Å². The summed E-state index contributed by atoms with van der Waals surface area (Å²) in [6.07, 6.45) is 1.80. The number of hydrogen-bond acceptors (Lipinski definition) is 7. The Morgan fingerprint density at radius 3 is 2.63 bits per heavy atom. The minimum atomic E-state index is -3.30. The van der Waals surface area contributed by atoms with E-state index in [1.807, 2.05) is 49.4 Å². The van der Waals surface area contributed by atoms with E-state index in [9.17, 15) is 14.7 Å². The third-order valence-corrected chi connectivity index (χ3v) is 11.8. The van der Waals surface area contributed by atoms with Crippen LogP contribution in [0.1, 0.15) is 30.2 Å².